The summed E-state index contributed by atoms with van der Waals surface area (Å²) in [6, 6.07) is 52.0. The number of para-hydroxylation sites is 3. The molecule has 76 heavy (non-hydrogen) atoms. The van der Waals surface area contributed by atoms with E-state index in [-0.39, 0.29) is 33.4 Å². The average molecular weight is 989 g/mol. The maximum absolute atomic E-state index is 9.21. The number of nitrogens with zero attached hydrogens (tertiary/aromatic N) is 6. The van der Waals surface area contributed by atoms with Crippen molar-refractivity contribution in [3.63, 3.8) is 0 Å². The summed E-state index contributed by atoms with van der Waals surface area (Å²) in [5, 5.41) is 4.39. The molecule has 7 heteroatoms. The van der Waals surface area contributed by atoms with Crippen molar-refractivity contribution in [2.24, 2.45) is 0 Å². The fourth-order valence-electron chi connectivity index (χ4n) is 10.6. The molecular weight excluding hydrogens is 929 g/mol. The monoisotopic (exact) mass is 988 g/mol. The normalized spacial score (nSPS) is 13.7. The number of aromatic nitrogens is 6. The van der Waals surface area contributed by atoms with Gasteiger partial charge in [0, 0.05) is 45.7 Å². The highest BCUT2D eigenvalue weighted by atomic mass is 16.5. The van der Waals surface area contributed by atoms with E-state index in [0.29, 0.717) is 39.5 Å². The minimum Gasteiger partial charge on any atom is -0.458 e. The molecule has 0 aliphatic heterocycles. The Balaban J connectivity index is 0.955. The van der Waals surface area contributed by atoms with E-state index in [9.17, 15) is 5.48 Å². The Labute approximate surface area is 454 Å². The van der Waals surface area contributed by atoms with Gasteiger partial charge in [0.1, 0.15) is 17.3 Å². The summed E-state index contributed by atoms with van der Waals surface area (Å²) in [5.41, 5.74) is 9.21. The first-order valence-corrected chi connectivity index (χ1v) is 25.0. The maximum Gasteiger partial charge on any atom is 0.269 e. The van der Waals surface area contributed by atoms with Gasteiger partial charge in [0.25, 0.3) is 6.33 Å². The molecule has 0 unspecified atom stereocenters. The molecule has 0 atom stereocenters. The summed E-state index contributed by atoms with van der Waals surface area (Å²) >= 11 is 0. The first kappa shape index (κ1) is 35.3. The zero-order valence-corrected chi connectivity index (χ0v) is 41.5. The molecule has 0 fully saturated rings. The summed E-state index contributed by atoms with van der Waals surface area (Å²) in [6.45, 7) is 6.57. The van der Waals surface area contributed by atoms with Crippen LogP contribution in [0.5, 0.6) is 11.5 Å². The van der Waals surface area contributed by atoms with Crippen LogP contribution in [0.15, 0.2) is 249 Å². The molecular formula is C69H50N6O. The van der Waals surface area contributed by atoms with Gasteiger partial charge < -0.3 is 9.30 Å². The van der Waals surface area contributed by atoms with Crippen LogP contribution in [0.2, 0.25) is 0 Å². The van der Waals surface area contributed by atoms with E-state index in [1.807, 2.05) is 79.0 Å². The van der Waals surface area contributed by atoms with E-state index in [0.717, 1.165) is 49.9 Å². The van der Waals surface area contributed by atoms with Crippen LogP contribution in [0.1, 0.15) is 40.0 Å². The van der Waals surface area contributed by atoms with E-state index in [4.69, 9.17) is 17.9 Å². The lowest BCUT2D eigenvalue weighted by atomic mass is 9.88. The zero-order valence-electron chi connectivity index (χ0n) is 51.5. The Morgan fingerprint density at radius 1 is 0.474 bits per heavy atom. The van der Waals surface area contributed by atoms with Crippen LogP contribution in [0, 0.1) is 6.33 Å². The van der Waals surface area contributed by atoms with Crippen molar-refractivity contribution in [3.8, 4) is 67.9 Å². The number of hydrogen-bond donors (Lipinski definition) is 0. The Kier molecular flexibility index (Phi) is 8.35. The predicted octanol–water partition coefficient (Wildman–Crippen LogP) is 16.8. The van der Waals surface area contributed by atoms with Gasteiger partial charge >= 0.3 is 0 Å². The molecule has 0 radical (unpaired) electrons. The SMILES string of the molecule is [2H]c1c([2H])c([2H])c(-c2cccc(-c3c([2H])c([2H])c([2H])c([2H])c3[2H])c2-[n+]2[c-]n(-c3cccc(Oc4ccc5c6cc(-n7c8ccccc8c8ccccc87)ccc6n(-c6cc(C(C)(C)C)ccn6)c5c4)c3)c3ccc(-c4ccccn4)cc32)c([2H])c1[2H]. The van der Waals surface area contributed by atoms with Crippen LogP contribution < -0.4 is 9.30 Å². The average Bonchev–Trinajstić information content (AvgIpc) is 1.76. The second kappa shape index (κ2) is 18.0. The van der Waals surface area contributed by atoms with Gasteiger partial charge in [-0.1, -0.05) is 160 Å². The molecule has 9 aromatic carbocycles. The molecule has 5 aromatic heterocycles. The van der Waals surface area contributed by atoms with Crippen LogP contribution in [-0.4, -0.2) is 23.7 Å². The molecule has 0 aliphatic rings. The molecule has 7 nitrogen and oxygen atoms in total. The number of fused-ring (bicyclic) bond motifs is 7. The number of hydrogen-bond acceptors (Lipinski definition) is 3. The Morgan fingerprint density at radius 2 is 1.13 bits per heavy atom. The zero-order chi connectivity index (χ0) is 59.6. The van der Waals surface area contributed by atoms with Crippen molar-refractivity contribution in [2.45, 2.75) is 26.2 Å². The van der Waals surface area contributed by atoms with Gasteiger partial charge in [0.15, 0.2) is 0 Å². The number of rotatable bonds is 9. The third kappa shape index (κ3) is 7.63. The van der Waals surface area contributed by atoms with Crippen LogP contribution in [-0.2, 0) is 5.41 Å². The first-order chi connectivity index (χ1) is 41.5. The standard InChI is InChI=1S/C69H50N6O/c1-69(2,3)49-37-39-71-67(41-49)75-63-36-32-51(74-61-29-12-10-24-56(61)57-25-11-13-30-62(57)74)43-59(63)58-34-33-53(44-65(58)75)76-52-23-16-22-50(42-52)72-45-73(66-40-48(31-35-64(66)72)60-28-14-15-38-70-60)68-54(46-18-6-4-7-19-46)26-17-27-55(68)47-20-8-5-9-21-47/h4-44H,1-3H3/i4D,5D,6D,7D,8D,9D,18D,19D,20D,21D. The van der Waals surface area contributed by atoms with Gasteiger partial charge in [-0.15, -0.1) is 0 Å². The van der Waals surface area contributed by atoms with Crippen molar-refractivity contribution in [3.05, 3.63) is 261 Å². The van der Waals surface area contributed by atoms with Crippen molar-refractivity contribution < 1.29 is 23.0 Å². The second-order valence-electron chi connectivity index (χ2n) is 19.7. The van der Waals surface area contributed by atoms with Gasteiger partial charge in [-0.2, -0.15) is 0 Å². The largest absolute Gasteiger partial charge is 0.458 e. The van der Waals surface area contributed by atoms with Crippen molar-refractivity contribution in [1.29, 1.82) is 0 Å². The summed E-state index contributed by atoms with van der Waals surface area (Å²) < 4.78 is 104. The van der Waals surface area contributed by atoms with Crippen LogP contribution in [0.3, 0.4) is 0 Å². The third-order valence-corrected chi connectivity index (χ3v) is 14.1. The van der Waals surface area contributed by atoms with Gasteiger partial charge in [0.2, 0.25) is 0 Å². The molecule has 14 aromatic rings. The molecule has 14 rings (SSSR count). The lowest BCUT2D eigenvalue weighted by Crippen LogP contribution is -2.31. The fourth-order valence-corrected chi connectivity index (χ4v) is 10.6. The quantitative estimate of drug-likeness (QED) is 0.107. The van der Waals surface area contributed by atoms with Crippen LogP contribution in [0.25, 0.3) is 111 Å². The smallest absolute Gasteiger partial charge is 0.269 e. The summed E-state index contributed by atoms with van der Waals surface area (Å²) in [4.78, 5) is 9.62. The van der Waals surface area contributed by atoms with Crippen molar-refractivity contribution in [1.82, 2.24) is 23.7 Å². The summed E-state index contributed by atoms with van der Waals surface area (Å²) in [6.07, 6.45) is 7.07. The number of benzene rings is 9. The van der Waals surface area contributed by atoms with Crippen LogP contribution >= 0.6 is 0 Å². The number of ether oxygens (including phenoxy) is 1. The lowest BCUT2D eigenvalue weighted by Gasteiger charge is -2.20. The topological polar surface area (TPSA) is 53.7 Å². The minimum absolute atomic E-state index is 0.128. The fraction of sp³-hybridized carbons (Fsp3) is 0.0580. The Hall–Kier alpha value is -9.85. The lowest BCUT2D eigenvalue weighted by molar-refractivity contribution is -0.571. The molecule has 0 saturated heterocycles. The van der Waals surface area contributed by atoms with Gasteiger partial charge in [-0.3, -0.25) is 18.7 Å². The molecule has 0 N–H and O–H groups in total. The molecule has 0 saturated carbocycles. The third-order valence-electron chi connectivity index (χ3n) is 14.1. The van der Waals surface area contributed by atoms with Gasteiger partial charge in [0.05, 0.1) is 63.9 Å². The Morgan fingerprint density at radius 3 is 1.84 bits per heavy atom. The van der Waals surface area contributed by atoms with Crippen LogP contribution in [0.4, 0.5) is 0 Å². The molecule has 362 valence electrons. The Bertz CT molecular complexity index is 4960. The van der Waals surface area contributed by atoms with Crippen molar-refractivity contribution in [2.75, 3.05) is 0 Å². The molecule has 0 bridgehead atoms. The maximum atomic E-state index is 9.21. The summed E-state index contributed by atoms with van der Waals surface area (Å²) in [5.74, 6) is 1.80. The summed E-state index contributed by atoms with van der Waals surface area (Å²) in [7, 11) is 0. The molecule has 0 spiro atoms. The van der Waals surface area contributed by atoms with Gasteiger partial charge in [-0.05, 0) is 130 Å². The van der Waals surface area contributed by atoms with E-state index in [2.05, 4.69) is 126 Å². The second-order valence-corrected chi connectivity index (χ2v) is 19.7. The van der Waals surface area contributed by atoms with Gasteiger partial charge in [-0.25, -0.2) is 4.98 Å². The minimum atomic E-state index is -0.583. The molecule has 0 amide bonds. The van der Waals surface area contributed by atoms with E-state index < -0.39 is 60.4 Å². The predicted molar refractivity (Wildman–Crippen MR) is 309 cm³/mol. The van der Waals surface area contributed by atoms with E-state index >= 15 is 0 Å². The first-order valence-electron chi connectivity index (χ1n) is 30.0. The number of imidazole rings is 1. The number of pyridine rings is 2. The van der Waals surface area contributed by atoms with Crippen molar-refractivity contribution >= 4 is 54.6 Å². The highest BCUT2D eigenvalue weighted by Crippen LogP contribution is 2.40. The highest BCUT2D eigenvalue weighted by molar-refractivity contribution is 6.12. The van der Waals surface area contributed by atoms with E-state index in [1.165, 1.54) is 10.8 Å². The molecule has 0 aliphatic carbocycles. The molecule has 5 heterocycles. The highest BCUT2D eigenvalue weighted by Gasteiger charge is 2.23. The van der Waals surface area contributed by atoms with E-state index in [1.54, 1.807) is 33.5 Å².